The summed E-state index contributed by atoms with van der Waals surface area (Å²) in [4.78, 5) is 48.8. The van der Waals surface area contributed by atoms with Crippen molar-refractivity contribution in [3.63, 3.8) is 0 Å². The maximum absolute atomic E-state index is 11.4. The Balaban J connectivity index is 1.88. The Morgan fingerprint density at radius 3 is 2.31 bits per heavy atom. The van der Waals surface area contributed by atoms with Crippen LogP contribution in [0.2, 0.25) is 0 Å². The van der Waals surface area contributed by atoms with Crippen LogP contribution in [0, 0.1) is 10.1 Å². The van der Waals surface area contributed by atoms with E-state index in [0.717, 1.165) is 0 Å². The second-order valence-electron chi connectivity index (χ2n) is 7.18. The van der Waals surface area contributed by atoms with E-state index in [1.165, 1.54) is 24.1 Å². The van der Waals surface area contributed by atoms with E-state index in [1.807, 2.05) is 0 Å². The predicted molar refractivity (Wildman–Crippen MR) is 109 cm³/mol. The minimum atomic E-state index is -5.51. The number of nitro benzene ring substituents is 1. The summed E-state index contributed by atoms with van der Waals surface area (Å²) in [6, 6.07) is 4.33. The van der Waals surface area contributed by atoms with E-state index < -0.39 is 37.9 Å². The molecule has 1 saturated heterocycles. The number of benzene rings is 1. The molecule has 32 heavy (non-hydrogen) atoms. The van der Waals surface area contributed by atoms with Gasteiger partial charge < -0.3 is 43.8 Å². The Hall–Kier alpha value is -1.44. The largest absolute Gasteiger partial charge is 0.487 e. The number of nitro groups is 1. The van der Waals surface area contributed by atoms with Crippen molar-refractivity contribution in [2.24, 2.45) is 0 Å². The molecular weight excluding hydrogens is 474 g/mol. The van der Waals surface area contributed by atoms with Gasteiger partial charge >= 0.3 is 20.9 Å². The van der Waals surface area contributed by atoms with Gasteiger partial charge in [-0.05, 0) is 25.6 Å². The SMILES string of the molecule is CN(CCCOc1ccc(C2OCCO2)cc1[N+](=O)[O-])CCC(O)(P(=O)(O)O)P(=O)(O)O. The number of hydrogen-bond donors (Lipinski definition) is 5. The van der Waals surface area contributed by atoms with Crippen molar-refractivity contribution >= 4 is 20.9 Å². The summed E-state index contributed by atoms with van der Waals surface area (Å²) in [5.41, 5.74) is 0.229. The maximum atomic E-state index is 11.4. The Kier molecular flexibility index (Phi) is 8.93. The highest BCUT2D eigenvalue weighted by Crippen LogP contribution is 2.68. The first-order valence-electron chi connectivity index (χ1n) is 9.43. The van der Waals surface area contributed by atoms with Gasteiger partial charge in [-0.2, -0.15) is 0 Å². The molecule has 16 heteroatoms. The van der Waals surface area contributed by atoms with Crippen LogP contribution in [0.15, 0.2) is 18.2 Å². The van der Waals surface area contributed by atoms with Crippen molar-refractivity contribution < 1.29 is 52.9 Å². The zero-order chi connectivity index (χ0) is 24.2. The molecule has 2 rings (SSSR count). The standard InChI is InChI=1S/C16H26N2O12P2/c1-17(7-5-16(19,31(22,23)24)32(25,26)27)6-2-8-28-14-4-3-12(11-13(14)18(20)21)15-29-9-10-30-15/h3-4,11,15,19H,2,5-10H2,1H3,(H2,22,23,24)(H2,25,26,27). The average Bonchev–Trinajstić information content (AvgIpc) is 3.22. The van der Waals surface area contributed by atoms with E-state index >= 15 is 0 Å². The van der Waals surface area contributed by atoms with E-state index in [0.29, 0.717) is 25.2 Å². The minimum Gasteiger partial charge on any atom is -0.487 e. The van der Waals surface area contributed by atoms with Gasteiger partial charge in [0.15, 0.2) is 12.0 Å². The third-order valence-corrected chi connectivity index (χ3v) is 8.65. The highest BCUT2D eigenvalue weighted by Gasteiger charge is 2.58. The first-order chi connectivity index (χ1) is 14.8. The van der Waals surface area contributed by atoms with E-state index in [2.05, 4.69) is 0 Å². The highest BCUT2D eigenvalue weighted by molar-refractivity contribution is 7.72. The van der Waals surface area contributed by atoms with E-state index in [9.17, 15) is 24.4 Å². The van der Waals surface area contributed by atoms with Crippen molar-refractivity contribution in [2.45, 2.75) is 24.2 Å². The summed E-state index contributed by atoms with van der Waals surface area (Å²) >= 11 is 0. The third kappa shape index (κ3) is 6.55. The van der Waals surface area contributed by atoms with Crippen LogP contribution in [0.5, 0.6) is 5.75 Å². The van der Waals surface area contributed by atoms with Crippen molar-refractivity contribution in [1.29, 1.82) is 0 Å². The molecule has 1 aromatic carbocycles. The van der Waals surface area contributed by atoms with Crippen LogP contribution >= 0.6 is 15.2 Å². The lowest BCUT2D eigenvalue weighted by Crippen LogP contribution is -2.34. The number of aliphatic hydroxyl groups is 1. The molecule has 1 aliphatic heterocycles. The fourth-order valence-corrected chi connectivity index (χ4v) is 5.07. The van der Waals surface area contributed by atoms with Crippen molar-refractivity contribution in [3.8, 4) is 5.75 Å². The van der Waals surface area contributed by atoms with Crippen LogP contribution < -0.4 is 4.74 Å². The topological polar surface area (TPSA) is 209 Å². The smallest absolute Gasteiger partial charge is 0.369 e. The molecule has 0 bridgehead atoms. The Bertz CT molecular complexity index is 873. The zero-order valence-electron chi connectivity index (χ0n) is 17.1. The lowest BCUT2D eigenvalue weighted by atomic mass is 10.2. The fourth-order valence-electron chi connectivity index (χ4n) is 2.93. The predicted octanol–water partition coefficient (Wildman–Crippen LogP) is 0.732. The maximum Gasteiger partial charge on any atom is 0.369 e. The summed E-state index contributed by atoms with van der Waals surface area (Å²) in [5.74, 6) is 0.0387. The molecule has 0 radical (unpaired) electrons. The van der Waals surface area contributed by atoms with E-state index in [1.54, 1.807) is 6.07 Å². The van der Waals surface area contributed by atoms with Gasteiger partial charge in [0.1, 0.15) is 0 Å². The summed E-state index contributed by atoms with van der Waals surface area (Å²) in [6.45, 7) is 0.868. The first-order valence-corrected chi connectivity index (χ1v) is 12.7. The van der Waals surface area contributed by atoms with Gasteiger partial charge in [-0.15, -0.1) is 0 Å². The number of ether oxygens (including phenoxy) is 3. The first kappa shape index (κ1) is 26.8. The summed E-state index contributed by atoms with van der Waals surface area (Å²) in [7, 11) is -9.50. The van der Waals surface area contributed by atoms with Crippen LogP contribution in [0.4, 0.5) is 5.69 Å². The lowest BCUT2D eigenvalue weighted by Gasteiger charge is -2.30. The Morgan fingerprint density at radius 1 is 1.19 bits per heavy atom. The van der Waals surface area contributed by atoms with Gasteiger partial charge in [-0.1, -0.05) is 0 Å². The van der Waals surface area contributed by atoms with Crippen molar-refractivity contribution in [3.05, 3.63) is 33.9 Å². The molecule has 1 aliphatic rings. The molecule has 0 aliphatic carbocycles. The number of nitrogens with zero attached hydrogens (tertiary/aromatic N) is 2. The van der Waals surface area contributed by atoms with Crippen molar-refractivity contribution in [2.75, 3.05) is 40.0 Å². The average molecular weight is 500 g/mol. The van der Waals surface area contributed by atoms with Gasteiger partial charge in [0.2, 0.25) is 0 Å². The Labute approximate surface area is 183 Å². The highest BCUT2D eigenvalue weighted by atomic mass is 31.2. The normalized spacial score (nSPS) is 16.0. The molecule has 182 valence electrons. The van der Waals surface area contributed by atoms with Crippen LogP contribution in [0.1, 0.15) is 24.7 Å². The molecule has 0 aromatic heterocycles. The minimum absolute atomic E-state index is 0.0387. The summed E-state index contributed by atoms with van der Waals surface area (Å²) in [6.07, 6.45) is -1.21. The van der Waals surface area contributed by atoms with Crippen LogP contribution in [-0.2, 0) is 18.6 Å². The zero-order valence-corrected chi connectivity index (χ0v) is 18.9. The van der Waals surface area contributed by atoms with Crippen LogP contribution in [0.3, 0.4) is 0 Å². The molecule has 0 spiro atoms. The fraction of sp³-hybridized carbons (Fsp3) is 0.625. The van der Waals surface area contributed by atoms with Crippen LogP contribution in [-0.4, -0.2) is 79.5 Å². The summed E-state index contributed by atoms with van der Waals surface area (Å²) < 4.78 is 38.8. The molecule has 14 nitrogen and oxygen atoms in total. The van der Waals surface area contributed by atoms with E-state index in [-0.39, 0.29) is 31.1 Å². The number of rotatable bonds is 12. The second-order valence-corrected chi connectivity index (χ2v) is 11.2. The Morgan fingerprint density at radius 2 is 1.78 bits per heavy atom. The van der Waals surface area contributed by atoms with E-state index in [4.69, 9.17) is 33.8 Å². The molecule has 1 heterocycles. The van der Waals surface area contributed by atoms with Crippen molar-refractivity contribution in [1.82, 2.24) is 4.90 Å². The van der Waals surface area contributed by atoms with Gasteiger partial charge in [0.05, 0.1) is 24.7 Å². The molecule has 5 N–H and O–H groups in total. The molecule has 1 fully saturated rings. The van der Waals surface area contributed by atoms with Gasteiger partial charge in [0.25, 0.3) is 5.08 Å². The van der Waals surface area contributed by atoms with Gasteiger partial charge in [-0.25, -0.2) is 0 Å². The molecular formula is C16H26N2O12P2. The lowest BCUT2D eigenvalue weighted by molar-refractivity contribution is -0.386. The molecule has 0 atom stereocenters. The molecule has 0 saturated carbocycles. The number of hydrogen-bond acceptors (Lipinski definition) is 9. The summed E-state index contributed by atoms with van der Waals surface area (Å²) in [5, 5.41) is 17.8. The van der Waals surface area contributed by atoms with Gasteiger partial charge in [0, 0.05) is 31.1 Å². The molecule has 0 amide bonds. The quantitative estimate of drug-likeness (QED) is 0.116. The third-order valence-electron chi connectivity index (χ3n) is 4.78. The molecule has 0 unspecified atom stereocenters. The second kappa shape index (κ2) is 10.7. The van der Waals surface area contributed by atoms with Crippen LogP contribution in [0.25, 0.3) is 0 Å². The monoisotopic (exact) mass is 500 g/mol. The van der Waals surface area contributed by atoms with Gasteiger partial charge in [-0.3, -0.25) is 19.2 Å². The molecule has 1 aromatic rings.